The van der Waals surface area contributed by atoms with Crippen molar-refractivity contribution in [2.75, 3.05) is 13.2 Å². The minimum Gasteiger partial charge on any atom is -0.479 e. The molecule has 0 radical (unpaired) electrons. The van der Waals surface area contributed by atoms with Gasteiger partial charge in [0.15, 0.2) is 18.5 Å². The van der Waals surface area contributed by atoms with Gasteiger partial charge in [0.1, 0.15) is 24.9 Å². The zero-order chi connectivity index (χ0) is 46.0. The number of rotatable bonds is 45. The summed E-state index contributed by atoms with van der Waals surface area (Å²) in [6.45, 7) is 3.83. The van der Waals surface area contributed by atoms with Gasteiger partial charge in [0, 0.05) is 12.8 Å². The molecule has 370 valence electrons. The summed E-state index contributed by atoms with van der Waals surface area (Å²) < 4.78 is 21.8. The lowest BCUT2D eigenvalue weighted by molar-refractivity contribution is -0.298. The van der Waals surface area contributed by atoms with Gasteiger partial charge in [-0.2, -0.15) is 0 Å². The van der Waals surface area contributed by atoms with Gasteiger partial charge in [-0.15, -0.1) is 0 Å². The van der Waals surface area contributed by atoms with Crippen LogP contribution in [0.15, 0.2) is 12.2 Å². The third-order valence-corrected chi connectivity index (χ3v) is 12.4. The fourth-order valence-electron chi connectivity index (χ4n) is 8.23. The number of carboxylic acids is 1. The number of aliphatic carboxylic acids is 1. The second-order valence-corrected chi connectivity index (χ2v) is 18.4. The number of carboxylic acid groups (broad SMARTS) is 1. The average molecular weight is 897 g/mol. The first-order valence-electron chi connectivity index (χ1n) is 26.2. The molecule has 0 aromatic rings. The molecular formula is C52H96O11. The van der Waals surface area contributed by atoms with Crippen LogP contribution in [0.25, 0.3) is 0 Å². The highest BCUT2D eigenvalue weighted by Gasteiger charge is 2.47. The summed E-state index contributed by atoms with van der Waals surface area (Å²) in [5, 5.41) is 39.9. The molecule has 0 aliphatic carbocycles. The van der Waals surface area contributed by atoms with Gasteiger partial charge < -0.3 is 39.4 Å². The van der Waals surface area contributed by atoms with Crippen molar-refractivity contribution in [3.05, 3.63) is 12.2 Å². The molecule has 4 N–H and O–H groups in total. The molecule has 6 atom stereocenters. The molecular weight excluding hydrogens is 801 g/mol. The van der Waals surface area contributed by atoms with Crippen LogP contribution in [0, 0.1) is 0 Å². The number of ether oxygens (including phenoxy) is 4. The molecule has 0 spiro atoms. The zero-order valence-electron chi connectivity index (χ0n) is 40.3. The molecule has 6 unspecified atom stereocenters. The number of esters is 2. The minimum atomic E-state index is -1.86. The van der Waals surface area contributed by atoms with Crippen LogP contribution < -0.4 is 0 Å². The smallest absolute Gasteiger partial charge is 0.335 e. The maximum Gasteiger partial charge on any atom is 0.335 e. The second-order valence-electron chi connectivity index (χ2n) is 18.4. The molecule has 0 amide bonds. The normalized spacial score (nSPS) is 19.4. The van der Waals surface area contributed by atoms with Crippen LogP contribution in [0.3, 0.4) is 0 Å². The molecule has 1 rings (SSSR count). The van der Waals surface area contributed by atoms with Gasteiger partial charge in [0.2, 0.25) is 0 Å². The van der Waals surface area contributed by atoms with Crippen molar-refractivity contribution in [1.29, 1.82) is 0 Å². The SMILES string of the molecule is CCCCCC/C=C\CCCCCCCC(=O)OCC(COC1OC(C(=O)O)C(O)C(O)C1O)OC(=O)CCCCCCCCCCCCCCCCCCCCCCCCCC. The molecule has 0 aromatic carbocycles. The Morgan fingerprint density at radius 2 is 0.841 bits per heavy atom. The highest BCUT2D eigenvalue weighted by Crippen LogP contribution is 2.23. The molecule has 1 aliphatic heterocycles. The number of hydrogen-bond acceptors (Lipinski definition) is 10. The van der Waals surface area contributed by atoms with Gasteiger partial charge in [0.25, 0.3) is 0 Å². The molecule has 11 nitrogen and oxygen atoms in total. The summed E-state index contributed by atoms with van der Waals surface area (Å²) in [5.74, 6) is -2.44. The van der Waals surface area contributed by atoms with Crippen molar-refractivity contribution in [1.82, 2.24) is 0 Å². The highest BCUT2D eigenvalue weighted by molar-refractivity contribution is 5.73. The number of aliphatic hydroxyl groups excluding tert-OH is 3. The average Bonchev–Trinajstić information content (AvgIpc) is 3.27. The van der Waals surface area contributed by atoms with Crippen molar-refractivity contribution in [3.8, 4) is 0 Å². The Bertz CT molecular complexity index is 1100. The standard InChI is InChI=1S/C52H96O11/c1-3-5-7-9-11-13-15-17-18-19-20-21-22-23-24-25-26-27-29-31-33-35-37-39-41-46(54)62-44(43-61-52-49(57)47(55)48(56)50(63-52)51(58)59)42-60-45(53)40-38-36-34-32-30-28-16-14-12-10-8-6-4-2/h14,16,44,47-50,52,55-57H,3-13,15,17-43H2,1-2H3,(H,58,59)/b16-14-. The lowest BCUT2D eigenvalue weighted by Gasteiger charge is -2.38. The zero-order valence-corrected chi connectivity index (χ0v) is 40.3. The van der Waals surface area contributed by atoms with Crippen molar-refractivity contribution >= 4 is 17.9 Å². The summed E-state index contributed by atoms with van der Waals surface area (Å²) in [4.78, 5) is 36.9. The third kappa shape index (κ3) is 34.0. The summed E-state index contributed by atoms with van der Waals surface area (Å²) in [6, 6.07) is 0. The number of unbranched alkanes of at least 4 members (excludes halogenated alkanes) is 32. The molecule has 1 saturated heterocycles. The van der Waals surface area contributed by atoms with Crippen LogP contribution >= 0.6 is 0 Å². The first-order chi connectivity index (χ1) is 30.7. The molecule has 0 aromatic heterocycles. The number of allylic oxidation sites excluding steroid dienone is 2. The highest BCUT2D eigenvalue weighted by atomic mass is 16.7. The van der Waals surface area contributed by atoms with Crippen LogP contribution in [0.2, 0.25) is 0 Å². The van der Waals surface area contributed by atoms with E-state index in [1.54, 1.807) is 0 Å². The van der Waals surface area contributed by atoms with Crippen LogP contribution in [-0.4, -0.2) is 88.4 Å². The van der Waals surface area contributed by atoms with Gasteiger partial charge in [-0.05, 0) is 38.5 Å². The topological polar surface area (TPSA) is 169 Å². The predicted molar refractivity (Wildman–Crippen MR) is 252 cm³/mol. The Morgan fingerprint density at radius 1 is 0.476 bits per heavy atom. The minimum absolute atomic E-state index is 0.187. The van der Waals surface area contributed by atoms with E-state index < -0.39 is 54.7 Å². The fourth-order valence-corrected chi connectivity index (χ4v) is 8.23. The monoisotopic (exact) mass is 897 g/mol. The van der Waals surface area contributed by atoms with Crippen LogP contribution in [0.4, 0.5) is 0 Å². The molecule has 63 heavy (non-hydrogen) atoms. The summed E-state index contributed by atoms with van der Waals surface area (Å²) in [6.07, 6.45) is 38.5. The van der Waals surface area contributed by atoms with Crippen molar-refractivity contribution in [3.63, 3.8) is 0 Å². The van der Waals surface area contributed by atoms with E-state index in [0.717, 1.165) is 57.8 Å². The summed E-state index contributed by atoms with van der Waals surface area (Å²) in [7, 11) is 0. The van der Waals surface area contributed by atoms with Crippen molar-refractivity contribution in [2.24, 2.45) is 0 Å². The van der Waals surface area contributed by atoms with Crippen molar-refractivity contribution in [2.45, 2.75) is 288 Å². The number of carbonyl (C=O) groups excluding carboxylic acids is 2. The lowest BCUT2D eigenvalue weighted by Crippen LogP contribution is -2.60. The Labute approximate surface area is 384 Å². The molecule has 1 fully saturated rings. The van der Waals surface area contributed by atoms with Crippen LogP contribution in [0.1, 0.15) is 251 Å². The van der Waals surface area contributed by atoms with E-state index in [1.165, 1.54) is 154 Å². The molecule has 1 heterocycles. The van der Waals surface area contributed by atoms with Crippen LogP contribution in [0.5, 0.6) is 0 Å². The van der Waals surface area contributed by atoms with E-state index in [-0.39, 0.29) is 26.1 Å². The molecule has 0 bridgehead atoms. The Morgan fingerprint density at radius 3 is 1.25 bits per heavy atom. The van der Waals surface area contributed by atoms with E-state index in [1.807, 2.05) is 0 Å². The number of aliphatic hydroxyl groups is 3. The summed E-state index contributed by atoms with van der Waals surface area (Å²) >= 11 is 0. The summed E-state index contributed by atoms with van der Waals surface area (Å²) in [5.41, 5.74) is 0. The first kappa shape index (κ1) is 59.0. The van der Waals surface area contributed by atoms with E-state index in [2.05, 4.69) is 26.0 Å². The Balaban J connectivity index is 2.24. The fraction of sp³-hybridized carbons (Fsp3) is 0.904. The predicted octanol–water partition coefficient (Wildman–Crippen LogP) is 12.4. The molecule has 1 aliphatic rings. The number of carbonyl (C=O) groups is 3. The van der Waals surface area contributed by atoms with E-state index in [9.17, 15) is 34.8 Å². The van der Waals surface area contributed by atoms with Gasteiger partial charge in [0.05, 0.1) is 6.61 Å². The van der Waals surface area contributed by atoms with Crippen molar-refractivity contribution < 1.29 is 53.8 Å². The molecule has 11 heteroatoms. The maximum absolute atomic E-state index is 12.8. The van der Waals surface area contributed by atoms with E-state index >= 15 is 0 Å². The first-order valence-corrected chi connectivity index (χ1v) is 26.2. The largest absolute Gasteiger partial charge is 0.479 e. The van der Waals surface area contributed by atoms with Gasteiger partial charge in [-0.3, -0.25) is 9.59 Å². The van der Waals surface area contributed by atoms with E-state index in [4.69, 9.17) is 18.9 Å². The lowest BCUT2D eigenvalue weighted by atomic mass is 9.99. The third-order valence-electron chi connectivity index (χ3n) is 12.4. The second kappa shape index (κ2) is 42.6. The Hall–Kier alpha value is -2.05. The van der Waals surface area contributed by atoms with Gasteiger partial charge in [-0.1, -0.05) is 212 Å². The quantitative estimate of drug-likeness (QED) is 0.0261. The van der Waals surface area contributed by atoms with Gasteiger partial charge in [-0.25, -0.2) is 4.79 Å². The van der Waals surface area contributed by atoms with Gasteiger partial charge >= 0.3 is 17.9 Å². The van der Waals surface area contributed by atoms with E-state index in [0.29, 0.717) is 12.8 Å². The maximum atomic E-state index is 12.8. The molecule has 0 saturated carbocycles. The van der Waals surface area contributed by atoms with Crippen LogP contribution in [-0.2, 0) is 33.3 Å². The Kier molecular flexibility index (Phi) is 39.9. The number of hydrogen-bond donors (Lipinski definition) is 4.